The monoisotopic (exact) mass is 265 g/mol. The first kappa shape index (κ1) is 12.6. The van der Waals surface area contributed by atoms with Gasteiger partial charge in [-0.3, -0.25) is 0 Å². The summed E-state index contributed by atoms with van der Waals surface area (Å²) in [5, 5.41) is 0. The Balaban J connectivity index is 2.26. The molecule has 0 aliphatic heterocycles. The van der Waals surface area contributed by atoms with Gasteiger partial charge in [0.2, 0.25) is 0 Å². The molecule has 90 valence electrons. The van der Waals surface area contributed by atoms with Crippen molar-refractivity contribution in [3.05, 3.63) is 57.2 Å². The number of hydrogen-bond acceptors (Lipinski definition) is 2. The summed E-state index contributed by atoms with van der Waals surface area (Å²) in [5.41, 5.74) is 7.47. The molecule has 0 aliphatic rings. The zero-order chi connectivity index (χ0) is 12.3. The van der Waals surface area contributed by atoms with Gasteiger partial charge >= 0.3 is 0 Å². The van der Waals surface area contributed by atoms with E-state index in [1.165, 1.54) is 5.56 Å². The van der Waals surface area contributed by atoms with Crippen LogP contribution in [-0.4, -0.2) is 0 Å². The van der Waals surface area contributed by atoms with Gasteiger partial charge < -0.3 is 5.73 Å². The number of benzene rings is 1. The van der Waals surface area contributed by atoms with Crippen molar-refractivity contribution in [2.75, 3.05) is 0 Å². The van der Waals surface area contributed by atoms with Crippen molar-refractivity contribution in [3.63, 3.8) is 0 Å². The maximum atomic E-state index is 6.52. The van der Waals surface area contributed by atoms with Crippen LogP contribution < -0.4 is 5.73 Å². The topological polar surface area (TPSA) is 26.0 Å². The van der Waals surface area contributed by atoms with Crippen LogP contribution in [0.2, 0.25) is 4.34 Å². The maximum Gasteiger partial charge on any atom is 0.0931 e. The summed E-state index contributed by atoms with van der Waals surface area (Å²) >= 11 is 7.57. The Hall–Kier alpha value is -0.830. The van der Waals surface area contributed by atoms with E-state index in [9.17, 15) is 0 Å². The van der Waals surface area contributed by atoms with Crippen LogP contribution in [0, 0.1) is 0 Å². The first-order valence-electron chi connectivity index (χ1n) is 5.73. The van der Waals surface area contributed by atoms with E-state index in [1.807, 2.05) is 30.3 Å². The number of hydrogen-bond donors (Lipinski definition) is 1. The molecule has 0 aliphatic carbocycles. The van der Waals surface area contributed by atoms with Crippen LogP contribution in [0.4, 0.5) is 0 Å². The summed E-state index contributed by atoms with van der Waals surface area (Å²) in [6.45, 7) is 2.12. The van der Waals surface area contributed by atoms with Crippen molar-refractivity contribution < 1.29 is 0 Å². The van der Waals surface area contributed by atoms with Gasteiger partial charge in [0.15, 0.2) is 0 Å². The summed E-state index contributed by atoms with van der Waals surface area (Å²) in [4.78, 5) is 1.16. The lowest BCUT2D eigenvalue weighted by Crippen LogP contribution is -2.37. The highest BCUT2D eigenvalue weighted by Gasteiger charge is 2.27. The Kier molecular flexibility index (Phi) is 3.87. The van der Waals surface area contributed by atoms with Gasteiger partial charge in [0.25, 0.3) is 0 Å². The minimum absolute atomic E-state index is 0.306. The molecular formula is C14H16ClNS. The molecule has 1 aromatic carbocycles. The van der Waals surface area contributed by atoms with Gasteiger partial charge in [-0.25, -0.2) is 0 Å². The van der Waals surface area contributed by atoms with Gasteiger partial charge in [0, 0.05) is 4.88 Å². The summed E-state index contributed by atoms with van der Waals surface area (Å²) in [7, 11) is 0. The molecule has 0 bridgehead atoms. The van der Waals surface area contributed by atoms with E-state index in [0.717, 1.165) is 22.1 Å². The molecule has 0 fully saturated rings. The summed E-state index contributed by atoms with van der Waals surface area (Å²) in [6, 6.07) is 14.3. The minimum Gasteiger partial charge on any atom is -0.320 e. The van der Waals surface area contributed by atoms with E-state index in [2.05, 4.69) is 19.1 Å². The molecule has 0 amide bonds. The van der Waals surface area contributed by atoms with Crippen LogP contribution in [0.3, 0.4) is 0 Å². The van der Waals surface area contributed by atoms with Gasteiger partial charge in [0.05, 0.1) is 9.88 Å². The van der Waals surface area contributed by atoms with Gasteiger partial charge in [-0.05, 0) is 30.5 Å². The first-order valence-corrected chi connectivity index (χ1v) is 6.92. The molecule has 2 aromatic rings. The molecule has 2 N–H and O–H groups in total. The Morgan fingerprint density at radius 2 is 1.88 bits per heavy atom. The average molecular weight is 266 g/mol. The normalized spacial score (nSPS) is 14.5. The van der Waals surface area contributed by atoms with E-state index < -0.39 is 0 Å². The number of nitrogens with two attached hydrogens (primary N) is 1. The standard InChI is InChI=1S/C14H16ClNS/c1-2-14(16,12-8-9-13(15)17-12)10-11-6-4-3-5-7-11/h3-9H,2,10,16H2,1H3. The molecule has 1 aromatic heterocycles. The molecule has 0 spiro atoms. The highest BCUT2D eigenvalue weighted by molar-refractivity contribution is 7.16. The third-order valence-corrected chi connectivity index (χ3v) is 4.51. The van der Waals surface area contributed by atoms with E-state index in [4.69, 9.17) is 17.3 Å². The second-order valence-corrected chi connectivity index (χ2v) is 5.99. The highest BCUT2D eigenvalue weighted by Crippen LogP contribution is 2.34. The third-order valence-electron chi connectivity index (χ3n) is 3.06. The first-order chi connectivity index (χ1) is 8.14. The zero-order valence-electron chi connectivity index (χ0n) is 9.82. The predicted octanol–water partition coefficient (Wildman–Crippen LogP) is 4.21. The van der Waals surface area contributed by atoms with Crippen LogP contribution >= 0.6 is 22.9 Å². The smallest absolute Gasteiger partial charge is 0.0931 e. The van der Waals surface area contributed by atoms with Gasteiger partial charge in [-0.2, -0.15) is 0 Å². The van der Waals surface area contributed by atoms with E-state index >= 15 is 0 Å². The largest absolute Gasteiger partial charge is 0.320 e. The molecule has 2 rings (SSSR count). The van der Waals surface area contributed by atoms with Gasteiger partial charge in [0.1, 0.15) is 0 Å². The van der Waals surface area contributed by atoms with Crippen LogP contribution in [0.25, 0.3) is 0 Å². The third kappa shape index (κ3) is 2.89. The molecule has 0 saturated heterocycles. The second-order valence-electron chi connectivity index (χ2n) is 4.28. The fourth-order valence-corrected chi connectivity index (χ4v) is 3.14. The molecule has 0 radical (unpaired) electrons. The fourth-order valence-electron chi connectivity index (χ4n) is 1.93. The van der Waals surface area contributed by atoms with Crippen LogP contribution in [0.1, 0.15) is 23.8 Å². The summed E-state index contributed by atoms with van der Waals surface area (Å²) < 4.78 is 0.802. The van der Waals surface area contributed by atoms with Crippen molar-refractivity contribution in [1.29, 1.82) is 0 Å². The molecule has 1 heterocycles. The van der Waals surface area contributed by atoms with Crippen molar-refractivity contribution in [2.24, 2.45) is 5.73 Å². The molecule has 1 nitrogen and oxygen atoms in total. The van der Waals surface area contributed by atoms with Gasteiger partial charge in [-0.1, -0.05) is 48.9 Å². The Morgan fingerprint density at radius 3 is 2.41 bits per heavy atom. The van der Waals surface area contributed by atoms with Crippen LogP contribution in [0.15, 0.2) is 42.5 Å². The van der Waals surface area contributed by atoms with Crippen molar-refractivity contribution in [1.82, 2.24) is 0 Å². The van der Waals surface area contributed by atoms with Crippen molar-refractivity contribution >= 4 is 22.9 Å². The lowest BCUT2D eigenvalue weighted by Gasteiger charge is -2.27. The average Bonchev–Trinajstić information content (AvgIpc) is 2.78. The van der Waals surface area contributed by atoms with E-state index in [0.29, 0.717) is 0 Å². The minimum atomic E-state index is -0.306. The number of rotatable bonds is 4. The quantitative estimate of drug-likeness (QED) is 0.881. The van der Waals surface area contributed by atoms with Crippen molar-refractivity contribution in [2.45, 2.75) is 25.3 Å². The summed E-state index contributed by atoms with van der Waals surface area (Å²) in [6.07, 6.45) is 1.75. The molecule has 3 heteroatoms. The zero-order valence-corrected chi connectivity index (χ0v) is 11.4. The number of halogens is 1. The SMILES string of the molecule is CCC(N)(Cc1ccccc1)c1ccc(Cl)s1. The van der Waals surface area contributed by atoms with E-state index in [1.54, 1.807) is 11.3 Å². The lowest BCUT2D eigenvalue weighted by molar-refractivity contribution is 0.434. The molecular weight excluding hydrogens is 250 g/mol. The Morgan fingerprint density at radius 1 is 1.18 bits per heavy atom. The van der Waals surface area contributed by atoms with Crippen LogP contribution in [-0.2, 0) is 12.0 Å². The predicted molar refractivity (Wildman–Crippen MR) is 75.6 cm³/mol. The van der Waals surface area contributed by atoms with E-state index in [-0.39, 0.29) is 5.54 Å². The van der Waals surface area contributed by atoms with Crippen molar-refractivity contribution in [3.8, 4) is 0 Å². The summed E-state index contributed by atoms with van der Waals surface area (Å²) in [5.74, 6) is 0. The maximum absolute atomic E-state index is 6.52. The second kappa shape index (κ2) is 5.21. The van der Waals surface area contributed by atoms with Gasteiger partial charge in [-0.15, -0.1) is 11.3 Å². The molecule has 0 saturated carbocycles. The lowest BCUT2D eigenvalue weighted by atomic mass is 9.88. The molecule has 1 atom stereocenters. The Labute approximate surface area is 111 Å². The number of thiophene rings is 1. The molecule has 17 heavy (non-hydrogen) atoms. The Bertz CT molecular complexity index is 480. The highest BCUT2D eigenvalue weighted by atomic mass is 35.5. The molecule has 1 unspecified atom stereocenters. The van der Waals surface area contributed by atoms with Crippen LogP contribution in [0.5, 0.6) is 0 Å². The fraction of sp³-hybridized carbons (Fsp3) is 0.286.